The summed E-state index contributed by atoms with van der Waals surface area (Å²) in [6, 6.07) is 17.3. The van der Waals surface area contributed by atoms with Gasteiger partial charge in [0.25, 0.3) is 0 Å². The minimum Gasteiger partial charge on any atom is -0.352 e. The molecule has 4 rings (SSSR count). The van der Waals surface area contributed by atoms with Crippen molar-refractivity contribution < 1.29 is 14.4 Å². The predicted molar refractivity (Wildman–Crippen MR) is 118 cm³/mol. The van der Waals surface area contributed by atoms with Crippen LogP contribution in [0.1, 0.15) is 36.0 Å². The molecule has 2 aromatic rings. The Bertz CT molecular complexity index is 938. The number of rotatable bonds is 8. The number of likely N-dealkylation sites (tertiary alicyclic amines) is 1. The number of aryl methyl sites for hydroxylation is 1. The van der Waals surface area contributed by atoms with E-state index in [4.69, 9.17) is 0 Å². The van der Waals surface area contributed by atoms with E-state index in [9.17, 15) is 14.4 Å². The van der Waals surface area contributed by atoms with Gasteiger partial charge < -0.3 is 15.5 Å². The highest BCUT2D eigenvalue weighted by Gasteiger charge is 2.36. The van der Waals surface area contributed by atoms with Crippen molar-refractivity contribution in [1.82, 2.24) is 15.5 Å². The molecule has 6 nitrogen and oxygen atoms in total. The third-order valence-electron chi connectivity index (χ3n) is 5.92. The van der Waals surface area contributed by atoms with E-state index >= 15 is 0 Å². The number of carbonyl (C=O) groups excluding carboxylic acids is 3. The second kappa shape index (κ2) is 9.33. The molecular formula is C25H29N3O3. The lowest BCUT2D eigenvalue weighted by Crippen LogP contribution is -2.50. The SMILES string of the molecule is Cc1ccc(CN2CC(C(=O)NC(Cc3ccccc3)C(=O)NC3CC3)CC2=O)cc1. The van der Waals surface area contributed by atoms with E-state index in [-0.39, 0.29) is 30.2 Å². The molecule has 162 valence electrons. The zero-order valence-electron chi connectivity index (χ0n) is 17.8. The summed E-state index contributed by atoms with van der Waals surface area (Å²) in [5.41, 5.74) is 3.20. The van der Waals surface area contributed by atoms with E-state index in [1.54, 1.807) is 4.90 Å². The smallest absolute Gasteiger partial charge is 0.243 e. The van der Waals surface area contributed by atoms with Crippen LogP contribution in [0.15, 0.2) is 54.6 Å². The van der Waals surface area contributed by atoms with Gasteiger partial charge in [0.2, 0.25) is 17.7 Å². The largest absolute Gasteiger partial charge is 0.352 e. The van der Waals surface area contributed by atoms with E-state index in [0.29, 0.717) is 19.5 Å². The molecule has 6 heteroatoms. The Morgan fingerprint density at radius 1 is 1.03 bits per heavy atom. The molecule has 2 unspecified atom stereocenters. The minimum atomic E-state index is -0.642. The summed E-state index contributed by atoms with van der Waals surface area (Å²) in [4.78, 5) is 39.9. The Kier molecular flexibility index (Phi) is 6.35. The maximum atomic E-state index is 13.0. The van der Waals surface area contributed by atoms with Crippen LogP contribution in [0.25, 0.3) is 0 Å². The lowest BCUT2D eigenvalue weighted by Gasteiger charge is -2.21. The molecule has 0 spiro atoms. The first-order chi connectivity index (χ1) is 15.0. The fraction of sp³-hybridized carbons (Fsp3) is 0.400. The topological polar surface area (TPSA) is 78.5 Å². The van der Waals surface area contributed by atoms with Crippen LogP contribution in [0.5, 0.6) is 0 Å². The van der Waals surface area contributed by atoms with Gasteiger partial charge in [-0.2, -0.15) is 0 Å². The molecule has 0 radical (unpaired) electrons. The number of hydrogen-bond donors (Lipinski definition) is 2. The van der Waals surface area contributed by atoms with Crippen LogP contribution in [-0.4, -0.2) is 41.2 Å². The molecule has 3 amide bonds. The van der Waals surface area contributed by atoms with Gasteiger partial charge in [-0.1, -0.05) is 60.2 Å². The summed E-state index contributed by atoms with van der Waals surface area (Å²) in [5.74, 6) is -0.847. The lowest BCUT2D eigenvalue weighted by molar-refractivity contribution is -0.131. The molecule has 2 atom stereocenters. The molecule has 2 aromatic carbocycles. The van der Waals surface area contributed by atoms with E-state index in [1.807, 2.05) is 61.5 Å². The summed E-state index contributed by atoms with van der Waals surface area (Å²) >= 11 is 0. The summed E-state index contributed by atoms with van der Waals surface area (Å²) in [6.45, 7) is 2.90. The first-order valence-electron chi connectivity index (χ1n) is 11.0. The summed E-state index contributed by atoms with van der Waals surface area (Å²) < 4.78 is 0. The van der Waals surface area contributed by atoms with Gasteiger partial charge in [0, 0.05) is 32.0 Å². The molecular weight excluding hydrogens is 390 g/mol. The number of carbonyl (C=O) groups is 3. The van der Waals surface area contributed by atoms with Gasteiger partial charge in [-0.3, -0.25) is 14.4 Å². The zero-order chi connectivity index (χ0) is 21.8. The number of nitrogens with one attached hydrogen (secondary N) is 2. The van der Waals surface area contributed by atoms with Gasteiger partial charge in [-0.25, -0.2) is 0 Å². The maximum absolute atomic E-state index is 13.0. The Morgan fingerprint density at radius 2 is 1.74 bits per heavy atom. The van der Waals surface area contributed by atoms with Crippen LogP contribution in [-0.2, 0) is 27.3 Å². The van der Waals surface area contributed by atoms with Gasteiger partial charge in [0.05, 0.1) is 5.92 Å². The molecule has 1 aliphatic carbocycles. The van der Waals surface area contributed by atoms with Crippen LogP contribution in [0.4, 0.5) is 0 Å². The Labute approximate surface area is 183 Å². The monoisotopic (exact) mass is 419 g/mol. The second-order valence-corrected chi connectivity index (χ2v) is 8.69. The normalized spacial score (nSPS) is 19.2. The fourth-order valence-electron chi connectivity index (χ4n) is 3.89. The van der Waals surface area contributed by atoms with E-state index in [2.05, 4.69) is 10.6 Å². The van der Waals surface area contributed by atoms with Crippen LogP contribution < -0.4 is 10.6 Å². The van der Waals surface area contributed by atoms with E-state index < -0.39 is 12.0 Å². The fourth-order valence-corrected chi connectivity index (χ4v) is 3.89. The lowest BCUT2D eigenvalue weighted by atomic mass is 10.0. The summed E-state index contributed by atoms with van der Waals surface area (Å²) in [5, 5.41) is 5.92. The molecule has 2 N–H and O–H groups in total. The number of benzene rings is 2. The van der Waals surface area contributed by atoms with E-state index in [1.165, 1.54) is 5.56 Å². The zero-order valence-corrected chi connectivity index (χ0v) is 17.8. The van der Waals surface area contributed by atoms with Gasteiger partial charge in [0.1, 0.15) is 6.04 Å². The molecule has 1 heterocycles. The standard InChI is InChI=1S/C25H29N3O3/c1-17-7-9-19(10-8-17)15-28-16-20(14-23(28)29)24(30)27-22(25(31)26-21-11-12-21)13-18-5-3-2-4-6-18/h2-10,20-22H,11-16H2,1H3,(H,26,31)(H,27,30). The van der Waals surface area contributed by atoms with Crippen LogP contribution in [0.2, 0.25) is 0 Å². The Hall–Kier alpha value is -3.15. The number of hydrogen-bond acceptors (Lipinski definition) is 3. The predicted octanol–water partition coefficient (Wildman–Crippen LogP) is 2.35. The van der Waals surface area contributed by atoms with Crippen LogP contribution in [0, 0.1) is 12.8 Å². The second-order valence-electron chi connectivity index (χ2n) is 8.69. The van der Waals surface area contributed by atoms with Crippen LogP contribution >= 0.6 is 0 Å². The number of nitrogens with zero attached hydrogens (tertiary/aromatic N) is 1. The first-order valence-corrected chi connectivity index (χ1v) is 11.0. The van der Waals surface area contributed by atoms with Crippen molar-refractivity contribution >= 4 is 17.7 Å². The average Bonchev–Trinajstić information content (AvgIpc) is 3.50. The van der Waals surface area contributed by atoms with Gasteiger partial charge in [-0.15, -0.1) is 0 Å². The quantitative estimate of drug-likeness (QED) is 0.690. The molecule has 0 aromatic heterocycles. The van der Waals surface area contributed by atoms with E-state index in [0.717, 1.165) is 24.0 Å². The first kappa shape index (κ1) is 21.1. The third kappa shape index (κ3) is 5.72. The minimum absolute atomic E-state index is 0.0252. The molecule has 1 aliphatic heterocycles. The molecule has 1 saturated heterocycles. The third-order valence-corrected chi connectivity index (χ3v) is 5.92. The van der Waals surface area contributed by atoms with Crippen molar-refractivity contribution in [2.45, 2.75) is 51.2 Å². The molecule has 2 aliphatic rings. The summed E-state index contributed by atoms with van der Waals surface area (Å²) in [6.07, 6.45) is 2.59. The van der Waals surface area contributed by atoms with Crippen molar-refractivity contribution in [2.75, 3.05) is 6.54 Å². The summed E-state index contributed by atoms with van der Waals surface area (Å²) in [7, 11) is 0. The van der Waals surface area contributed by atoms with Crippen molar-refractivity contribution in [2.24, 2.45) is 5.92 Å². The number of amides is 3. The highest BCUT2D eigenvalue weighted by molar-refractivity contribution is 5.92. The van der Waals surface area contributed by atoms with Crippen LogP contribution in [0.3, 0.4) is 0 Å². The van der Waals surface area contributed by atoms with Crippen molar-refractivity contribution in [1.29, 1.82) is 0 Å². The van der Waals surface area contributed by atoms with Gasteiger partial charge >= 0.3 is 0 Å². The van der Waals surface area contributed by atoms with Gasteiger partial charge in [0.15, 0.2) is 0 Å². The molecule has 0 bridgehead atoms. The average molecular weight is 420 g/mol. The Morgan fingerprint density at radius 3 is 2.42 bits per heavy atom. The van der Waals surface area contributed by atoms with Crippen molar-refractivity contribution in [3.05, 3.63) is 71.3 Å². The Balaban J connectivity index is 1.38. The maximum Gasteiger partial charge on any atom is 0.243 e. The highest BCUT2D eigenvalue weighted by Crippen LogP contribution is 2.22. The van der Waals surface area contributed by atoms with Crippen molar-refractivity contribution in [3.63, 3.8) is 0 Å². The molecule has 31 heavy (non-hydrogen) atoms. The molecule has 1 saturated carbocycles. The van der Waals surface area contributed by atoms with Gasteiger partial charge in [-0.05, 0) is 30.9 Å². The van der Waals surface area contributed by atoms with Crippen molar-refractivity contribution in [3.8, 4) is 0 Å². The molecule has 2 fully saturated rings. The highest BCUT2D eigenvalue weighted by atomic mass is 16.2.